The second-order valence-electron chi connectivity index (χ2n) is 5.95. The largest absolute Gasteiger partial charge is 0.493 e. The van der Waals surface area contributed by atoms with Gasteiger partial charge in [-0.05, 0) is 32.0 Å². The van der Waals surface area contributed by atoms with E-state index in [9.17, 15) is 27.6 Å². The van der Waals surface area contributed by atoms with Crippen molar-refractivity contribution in [2.75, 3.05) is 26.8 Å². The average Bonchev–Trinajstić information content (AvgIpc) is 2.61. The van der Waals surface area contributed by atoms with Crippen molar-refractivity contribution in [1.82, 2.24) is 16.0 Å². The summed E-state index contributed by atoms with van der Waals surface area (Å²) in [4.78, 5) is 35.0. The molecule has 0 radical (unpaired) electrons. The number of hydrogen-bond acceptors (Lipinski definition) is 5. The molecule has 1 aromatic carbocycles. The number of amides is 3. The number of halogens is 3. The summed E-state index contributed by atoms with van der Waals surface area (Å²) in [5.41, 5.74) is 0.0967. The maximum Gasteiger partial charge on any atom is 0.405 e. The Bertz CT molecular complexity index is 708. The second kappa shape index (κ2) is 10.4. The zero-order chi connectivity index (χ0) is 21.3. The average molecular weight is 405 g/mol. The van der Waals surface area contributed by atoms with Crippen molar-refractivity contribution < 1.29 is 37.0 Å². The Labute approximate surface area is 159 Å². The van der Waals surface area contributed by atoms with E-state index in [1.54, 1.807) is 19.2 Å². The van der Waals surface area contributed by atoms with Gasteiger partial charge >= 0.3 is 6.18 Å². The van der Waals surface area contributed by atoms with Gasteiger partial charge in [0.2, 0.25) is 5.91 Å². The molecule has 0 aromatic heterocycles. The molecule has 3 amide bonds. The van der Waals surface area contributed by atoms with E-state index < -0.39 is 31.1 Å². The number of ether oxygens (including phenoxy) is 2. The van der Waals surface area contributed by atoms with Crippen molar-refractivity contribution in [2.45, 2.75) is 26.1 Å². The molecule has 0 aliphatic rings. The lowest BCUT2D eigenvalue weighted by Gasteiger charge is -2.13. The van der Waals surface area contributed by atoms with Gasteiger partial charge in [-0.2, -0.15) is 13.2 Å². The summed E-state index contributed by atoms with van der Waals surface area (Å²) >= 11 is 0. The molecular weight excluding hydrogens is 383 g/mol. The van der Waals surface area contributed by atoms with Crippen molar-refractivity contribution in [1.29, 1.82) is 0 Å². The van der Waals surface area contributed by atoms with E-state index in [2.05, 4.69) is 10.6 Å². The first-order valence-electron chi connectivity index (χ1n) is 8.23. The minimum absolute atomic E-state index is 0.0441. The summed E-state index contributed by atoms with van der Waals surface area (Å²) < 4.78 is 46.5. The fourth-order valence-electron chi connectivity index (χ4n) is 1.96. The number of methoxy groups -OCH3 is 1. The van der Waals surface area contributed by atoms with Crippen molar-refractivity contribution in [3.63, 3.8) is 0 Å². The fraction of sp³-hybridized carbons (Fsp3) is 0.471. The highest BCUT2D eigenvalue weighted by Crippen LogP contribution is 2.28. The molecule has 0 saturated heterocycles. The van der Waals surface area contributed by atoms with Crippen LogP contribution in [0.25, 0.3) is 0 Å². The van der Waals surface area contributed by atoms with Gasteiger partial charge in [-0.1, -0.05) is 0 Å². The predicted octanol–water partition coefficient (Wildman–Crippen LogP) is 1.01. The van der Waals surface area contributed by atoms with E-state index in [0.717, 1.165) is 0 Å². The van der Waals surface area contributed by atoms with Crippen molar-refractivity contribution in [3.05, 3.63) is 23.8 Å². The van der Waals surface area contributed by atoms with Gasteiger partial charge in [0.05, 0.1) is 13.7 Å². The maximum atomic E-state index is 12.0. The van der Waals surface area contributed by atoms with Gasteiger partial charge in [0.15, 0.2) is 18.1 Å². The molecule has 0 bridgehead atoms. The topological polar surface area (TPSA) is 106 Å². The second-order valence-corrected chi connectivity index (χ2v) is 5.95. The molecule has 1 aromatic rings. The normalized spacial score (nSPS) is 11.0. The Balaban J connectivity index is 2.63. The van der Waals surface area contributed by atoms with Gasteiger partial charge in [0.25, 0.3) is 11.8 Å². The molecule has 156 valence electrons. The molecule has 0 aliphatic heterocycles. The summed E-state index contributed by atoms with van der Waals surface area (Å²) in [5.74, 6) is -1.60. The van der Waals surface area contributed by atoms with Gasteiger partial charge in [-0.3, -0.25) is 14.4 Å². The van der Waals surface area contributed by atoms with Crippen molar-refractivity contribution in [2.24, 2.45) is 0 Å². The minimum atomic E-state index is -4.53. The molecule has 0 unspecified atom stereocenters. The third-order valence-corrected chi connectivity index (χ3v) is 3.13. The van der Waals surface area contributed by atoms with E-state index in [4.69, 9.17) is 9.47 Å². The van der Waals surface area contributed by atoms with Gasteiger partial charge in [0.1, 0.15) is 6.54 Å². The van der Waals surface area contributed by atoms with Gasteiger partial charge < -0.3 is 25.4 Å². The minimum Gasteiger partial charge on any atom is -0.493 e. The molecule has 0 fully saturated rings. The van der Waals surface area contributed by atoms with Crippen LogP contribution in [-0.2, 0) is 9.59 Å². The monoisotopic (exact) mass is 405 g/mol. The number of nitrogens with one attached hydrogen (secondary N) is 3. The summed E-state index contributed by atoms with van der Waals surface area (Å²) in [7, 11) is 1.34. The van der Waals surface area contributed by atoms with Crippen LogP contribution in [0.3, 0.4) is 0 Å². The fourth-order valence-corrected chi connectivity index (χ4v) is 1.96. The van der Waals surface area contributed by atoms with E-state index in [1.807, 2.05) is 0 Å². The van der Waals surface area contributed by atoms with Crippen molar-refractivity contribution in [3.8, 4) is 11.5 Å². The van der Waals surface area contributed by atoms with E-state index in [-0.39, 0.29) is 35.6 Å². The highest BCUT2D eigenvalue weighted by atomic mass is 19.4. The summed E-state index contributed by atoms with van der Waals surface area (Å²) in [6, 6.07) is 4.04. The number of benzene rings is 1. The van der Waals surface area contributed by atoms with Crippen LogP contribution in [-0.4, -0.2) is 56.7 Å². The summed E-state index contributed by atoms with van der Waals surface area (Å²) in [5, 5.41) is 6.49. The third kappa shape index (κ3) is 8.60. The quantitative estimate of drug-likeness (QED) is 0.569. The molecule has 3 N–H and O–H groups in total. The number of hydrogen-bond donors (Lipinski definition) is 3. The highest BCUT2D eigenvalue weighted by Gasteiger charge is 2.27. The zero-order valence-corrected chi connectivity index (χ0v) is 15.6. The Morgan fingerprint density at radius 3 is 2.32 bits per heavy atom. The van der Waals surface area contributed by atoms with Crippen molar-refractivity contribution >= 4 is 17.7 Å². The van der Waals surface area contributed by atoms with Crippen LogP contribution in [0.5, 0.6) is 11.5 Å². The third-order valence-electron chi connectivity index (χ3n) is 3.13. The maximum absolute atomic E-state index is 12.0. The highest BCUT2D eigenvalue weighted by molar-refractivity contribution is 5.97. The Kier molecular flexibility index (Phi) is 8.55. The smallest absolute Gasteiger partial charge is 0.405 e. The van der Waals surface area contributed by atoms with Crippen LogP contribution < -0.4 is 25.4 Å². The van der Waals surface area contributed by atoms with E-state index in [0.29, 0.717) is 0 Å². The molecule has 28 heavy (non-hydrogen) atoms. The number of rotatable bonds is 9. The van der Waals surface area contributed by atoms with Crippen LogP contribution in [0.1, 0.15) is 24.2 Å². The molecule has 8 nitrogen and oxygen atoms in total. The lowest BCUT2D eigenvalue weighted by molar-refractivity contribution is -0.137. The summed E-state index contributed by atoms with van der Waals surface area (Å²) in [6.45, 7) is 1.25. The SMILES string of the molecule is COc1cc(C(=O)NCC(=O)NCC(F)(F)F)ccc1OCC(=O)NC(C)C. The number of carbonyl (C=O) groups is 3. The molecule has 0 atom stereocenters. The molecule has 0 heterocycles. The first-order chi connectivity index (χ1) is 13.0. The van der Waals surface area contributed by atoms with Crippen LogP contribution in [0.15, 0.2) is 18.2 Å². The van der Waals surface area contributed by atoms with E-state index >= 15 is 0 Å². The van der Waals surface area contributed by atoms with Crippen LogP contribution >= 0.6 is 0 Å². The molecule has 0 spiro atoms. The first-order valence-corrected chi connectivity index (χ1v) is 8.23. The molecule has 0 saturated carbocycles. The van der Waals surface area contributed by atoms with Crippen LogP contribution in [0.4, 0.5) is 13.2 Å². The van der Waals surface area contributed by atoms with Gasteiger partial charge in [-0.25, -0.2) is 0 Å². The lowest BCUT2D eigenvalue weighted by atomic mass is 10.2. The molecule has 11 heteroatoms. The molecule has 0 aliphatic carbocycles. The first kappa shape index (κ1) is 23.1. The Morgan fingerprint density at radius 1 is 1.07 bits per heavy atom. The zero-order valence-electron chi connectivity index (χ0n) is 15.6. The van der Waals surface area contributed by atoms with Crippen LogP contribution in [0.2, 0.25) is 0 Å². The number of carbonyl (C=O) groups excluding carboxylic acids is 3. The number of alkyl halides is 3. The molecule has 1 rings (SSSR count). The lowest BCUT2D eigenvalue weighted by Crippen LogP contribution is -2.40. The molecular formula is C17H22F3N3O5. The summed E-state index contributed by atoms with van der Waals surface area (Å²) in [6.07, 6.45) is -4.53. The van der Waals surface area contributed by atoms with E-state index in [1.165, 1.54) is 25.3 Å². The van der Waals surface area contributed by atoms with Gasteiger partial charge in [-0.15, -0.1) is 0 Å². The Hall–Kier alpha value is -2.98. The standard InChI is InChI=1S/C17H22F3N3O5/c1-10(2)23-15(25)8-28-12-5-4-11(6-13(12)27-3)16(26)21-7-14(24)22-9-17(18,19)20/h4-6,10H,7-9H2,1-3H3,(H,21,26)(H,22,24)(H,23,25). The predicted molar refractivity (Wildman–Crippen MR) is 93.2 cm³/mol. The van der Waals surface area contributed by atoms with Gasteiger partial charge in [0, 0.05) is 11.6 Å². The Morgan fingerprint density at radius 2 is 1.75 bits per heavy atom. The van der Waals surface area contributed by atoms with Crippen LogP contribution in [0, 0.1) is 0 Å².